The fourth-order valence-corrected chi connectivity index (χ4v) is 3.95. The highest BCUT2D eigenvalue weighted by Crippen LogP contribution is 2.33. The van der Waals surface area contributed by atoms with Crippen molar-refractivity contribution in [1.82, 2.24) is 9.47 Å². The Morgan fingerprint density at radius 2 is 1.68 bits per heavy atom. The van der Waals surface area contributed by atoms with Crippen LogP contribution in [-0.2, 0) is 13.1 Å². The zero-order chi connectivity index (χ0) is 17.2. The Hall–Kier alpha value is -2.32. The number of hydrogen-bond acceptors (Lipinski definition) is 1. The quantitative estimate of drug-likeness (QED) is 0.648. The smallest absolute Gasteiger partial charge is 0.0759 e. The average molecular weight is 330 g/mol. The molecule has 0 bridgehead atoms. The summed E-state index contributed by atoms with van der Waals surface area (Å²) in [5.74, 6) is 0. The van der Waals surface area contributed by atoms with Crippen molar-refractivity contribution in [1.29, 1.82) is 0 Å². The Morgan fingerprint density at radius 3 is 2.48 bits per heavy atom. The van der Waals surface area contributed by atoms with Gasteiger partial charge in [-0.3, -0.25) is 4.90 Å². The predicted octanol–water partition coefficient (Wildman–Crippen LogP) is 5.10. The summed E-state index contributed by atoms with van der Waals surface area (Å²) >= 11 is 0. The molecule has 0 radical (unpaired) electrons. The molecule has 128 valence electrons. The maximum Gasteiger partial charge on any atom is 0.0759 e. The van der Waals surface area contributed by atoms with E-state index in [-0.39, 0.29) is 0 Å². The summed E-state index contributed by atoms with van der Waals surface area (Å²) in [5, 5.41) is 0. The van der Waals surface area contributed by atoms with Crippen molar-refractivity contribution < 1.29 is 0 Å². The summed E-state index contributed by atoms with van der Waals surface area (Å²) in [5.41, 5.74) is 6.93. The second kappa shape index (κ2) is 6.89. The van der Waals surface area contributed by atoms with Gasteiger partial charge in [-0.15, -0.1) is 0 Å². The van der Waals surface area contributed by atoms with E-state index in [0.29, 0.717) is 6.04 Å². The number of hydrogen-bond donors (Lipinski definition) is 0. The van der Waals surface area contributed by atoms with Crippen LogP contribution in [0.4, 0.5) is 0 Å². The summed E-state index contributed by atoms with van der Waals surface area (Å²) in [6.07, 6.45) is 3.42. The maximum atomic E-state index is 2.64. The third-order valence-electron chi connectivity index (χ3n) is 5.38. The second-order valence-electron chi connectivity index (χ2n) is 7.19. The Kier molecular flexibility index (Phi) is 4.46. The molecule has 0 saturated carbocycles. The molecule has 0 amide bonds. The van der Waals surface area contributed by atoms with E-state index in [1.54, 1.807) is 0 Å². The first-order chi connectivity index (χ1) is 12.2. The number of aryl methyl sites for hydroxylation is 3. The molecule has 2 nitrogen and oxygen atoms in total. The van der Waals surface area contributed by atoms with Crippen molar-refractivity contribution in [2.24, 2.45) is 0 Å². The van der Waals surface area contributed by atoms with E-state index in [9.17, 15) is 0 Å². The summed E-state index contributed by atoms with van der Waals surface area (Å²) in [6.45, 7) is 7.60. The van der Waals surface area contributed by atoms with Crippen LogP contribution < -0.4 is 0 Å². The molecule has 1 aliphatic rings. The van der Waals surface area contributed by atoms with Gasteiger partial charge in [0.2, 0.25) is 0 Å². The van der Waals surface area contributed by atoms with Gasteiger partial charge in [0.15, 0.2) is 0 Å². The molecular formula is C23H26N2. The van der Waals surface area contributed by atoms with Crippen LogP contribution >= 0.6 is 0 Å². The fraction of sp³-hybridized carbons (Fsp3) is 0.304. The normalized spacial score (nSPS) is 17.9. The highest BCUT2D eigenvalue weighted by Gasteiger charge is 2.27. The Morgan fingerprint density at radius 1 is 0.880 bits per heavy atom. The summed E-state index contributed by atoms with van der Waals surface area (Å²) in [6, 6.07) is 22.6. The minimum Gasteiger partial charge on any atom is -0.350 e. The molecule has 25 heavy (non-hydrogen) atoms. The SMILES string of the molecule is Cc1ccc(C2c3cccn3CCCN2Cc2ccccc2C)cc1. The Labute approximate surface area is 150 Å². The van der Waals surface area contributed by atoms with Crippen molar-refractivity contribution in [2.75, 3.05) is 6.54 Å². The van der Waals surface area contributed by atoms with Gasteiger partial charge in [-0.2, -0.15) is 0 Å². The van der Waals surface area contributed by atoms with Crippen molar-refractivity contribution >= 4 is 0 Å². The Bertz CT molecular complexity index is 845. The van der Waals surface area contributed by atoms with E-state index >= 15 is 0 Å². The molecule has 1 aromatic heterocycles. The lowest BCUT2D eigenvalue weighted by molar-refractivity contribution is 0.220. The van der Waals surface area contributed by atoms with Gasteiger partial charge in [0.25, 0.3) is 0 Å². The molecule has 0 N–H and O–H groups in total. The third-order valence-corrected chi connectivity index (χ3v) is 5.38. The first-order valence-electron chi connectivity index (χ1n) is 9.22. The van der Waals surface area contributed by atoms with Gasteiger partial charge in [-0.1, -0.05) is 54.1 Å². The number of fused-ring (bicyclic) bond motifs is 1. The monoisotopic (exact) mass is 330 g/mol. The molecular weight excluding hydrogens is 304 g/mol. The van der Waals surface area contributed by atoms with Crippen molar-refractivity contribution in [3.05, 3.63) is 94.8 Å². The predicted molar refractivity (Wildman–Crippen MR) is 104 cm³/mol. The molecule has 2 aromatic carbocycles. The molecule has 0 aliphatic carbocycles. The summed E-state index contributed by atoms with van der Waals surface area (Å²) in [4.78, 5) is 2.64. The molecule has 0 saturated heterocycles. The van der Waals surface area contributed by atoms with Crippen LogP contribution in [0.5, 0.6) is 0 Å². The van der Waals surface area contributed by atoms with Crippen LogP contribution in [-0.4, -0.2) is 16.0 Å². The van der Waals surface area contributed by atoms with E-state index in [1.807, 2.05) is 0 Å². The molecule has 4 rings (SSSR count). The first-order valence-corrected chi connectivity index (χ1v) is 9.22. The lowest BCUT2D eigenvalue weighted by Gasteiger charge is -2.31. The van der Waals surface area contributed by atoms with Gasteiger partial charge in [0.05, 0.1) is 6.04 Å². The zero-order valence-electron chi connectivity index (χ0n) is 15.2. The molecule has 0 fully saturated rings. The van der Waals surface area contributed by atoms with Gasteiger partial charge < -0.3 is 4.57 Å². The van der Waals surface area contributed by atoms with Gasteiger partial charge in [0.1, 0.15) is 0 Å². The molecule has 3 aromatic rings. The van der Waals surface area contributed by atoms with Gasteiger partial charge in [-0.25, -0.2) is 0 Å². The van der Waals surface area contributed by atoms with Gasteiger partial charge in [-0.05, 0) is 49.1 Å². The number of aromatic nitrogens is 1. The standard InChI is InChI=1S/C23H26N2/c1-18-10-12-20(13-11-18)23-22-9-5-14-24(22)15-6-16-25(23)17-21-8-4-3-7-19(21)2/h3-5,7-14,23H,6,15-17H2,1-2H3. The highest BCUT2D eigenvalue weighted by molar-refractivity contribution is 5.33. The van der Waals surface area contributed by atoms with Crippen molar-refractivity contribution in [3.8, 4) is 0 Å². The van der Waals surface area contributed by atoms with Crippen LogP contribution in [0.25, 0.3) is 0 Å². The van der Waals surface area contributed by atoms with Crippen molar-refractivity contribution in [3.63, 3.8) is 0 Å². The van der Waals surface area contributed by atoms with Crippen LogP contribution in [0.1, 0.15) is 40.4 Å². The van der Waals surface area contributed by atoms with Crippen LogP contribution in [0.15, 0.2) is 66.9 Å². The zero-order valence-corrected chi connectivity index (χ0v) is 15.2. The topological polar surface area (TPSA) is 8.17 Å². The first kappa shape index (κ1) is 16.2. The number of rotatable bonds is 3. The van der Waals surface area contributed by atoms with E-state index in [1.165, 1.54) is 34.4 Å². The van der Waals surface area contributed by atoms with Crippen LogP contribution in [0, 0.1) is 13.8 Å². The minimum atomic E-state index is 0.317. The molecule has 1 atom stereocenters. The lowest BCUT2D eigenvalue weighted by Crippen LogP contribution is -2.29. The van der Waals surface area contributed by atoms with E-state index in [4.69, 9.17) is 0 Å². The number of benzene rings is 2. The summed E-state index contributed by atoms with van der Waals surface area (Å²) in [7, 11) is 0. The summed E-state index contributed by atoms with van der Waals surface area (Å²) < 4.78 is 2.43. The lowest BCUT2D eigenvalue weighted by atomic mass is 9.99. The highest BCUT2D eigenvalue weighted by atomic mass is 15.2. The third kappa shape index (κ3) is 3.27. The molecule has 2 heterocycles. The average Bonchev–Trinajstić information content (AvgIpc) is 3.00. The number of nitrogens with zero attached hydrogens (tertiary/aromatic N) is 2. The van der Waals surface area contributed by atoms with E-state index < -0.39 is 0 Å². The molecule has 1 unspecified atom stereocenters. The second-order valence-corrected chi connectivity index (χ2v) is 7.19. The molecule has 0 spiro atoms. The minimum absolute atomic E-state index is 0.317. The molecule has 2 heteroatoms. The van der Waals surface area contributed by atoms with E-state index in [0.717, 1.165) is 19.6 Å². The van der Waals surface area contributed by atoms with Crippen LogP contribution in [0.3, 0.4) is 0 Å². The molecule has 1 aliphatic heterocycles. The maximum absolute atomic E-state index is 2.64. The Balaban J connectivity index is 1.75. The van der Waals surface area contributed by atoms with Gasteiger partial charge >= 0.3 is 0 Å². The van der Waals surface area contributed by atoms with Crippen LogP contribution in [0.2, 0.25) is 0 Å². The largest absolute Gasteiger partial charge is 0.350 e. The van der Waals surface area contributed by atoms with Gasteiger partial charge in [0, 0.05) is 31.5 Å². The fourth-order valence-electron chi connectivity index (χ4n) is 3.95. The van der Waals surface area contributed by atoms with Crippen molar-refractivity contribution in [2.45, 2.75) is 39.4 Å². The van der Waals surface area contributed by atoms with E-state index in [2.05, 4.69) is 90.2 Å².